The number of halogens is 1. The SMILES string of the molecule is [Cl-].c1ccc(C[NH2+]Cc2c3ccccc3cc3ccccc23)cc1. The lowest BCUT2D eigenvalue weighted by molar-refractivity contribution is -0.685. The van der Waals surface area contributed by atoms with E-state index in [1.54, 1.807) is 0 Å². The van der Waals surface area contributed by atoms with Crippen molar-refractivity contribution in [3.05, 3.63) is 96.1 Å². The van der Waals surface area contributed by atoms with Gasteiger partial charge in [-0.05, 0) is 27.6 Å². The number of benzene rings is 4. The van der Waals surface area contributed by atoms with E-state index >= 15 is 0 Å². The Morgan fingerprint density at radius 1 is 0.583 bits per heavy atom. The van der Waals surface area contributed by atoms with Crippen LogP contribution in [0.1, 0.15) is 11.1 Å². The van der Waals surface area contributed by atoms with Crippen LogP contribution in [-0.4, -0.2) is 0 Å². The molecule has 0 fully saturated rings. The molecule has 0 aliphatic rings. The Morgan fingerprint density at radius 3 is 1.75 bits per heavy atom. The van der Waals surface area contributed by atoms with Crippen LogP contribution in [0, 0.1) is 0 Å². The van der Waals surface area contributed by atoms with Crippen molar-refractivity contribution < 1.29 is 17.7 Å². The summed E-state index contributed by atoms with van der Waals surface area (Å²) in [5, 5.41) is 7.79. The van der Waals surface area contributed by atoms with Crippen molar-refractivity contribution in [1.82, 2.24) is 0 Å². The molecule has 0 saturated heterocycles. The smallest absolute Gasteiger partial charge is 0.103 e. The van der Waals surface area contributed by atoms with Crippen molar-refractivity contribution in [3.63, 3.8) is 0 Å². The van der Waals surface area contributed by atoms with Gasteiger partial charge in [-0.3, -0.25) is 0 Å². The number of fused-ring (bicyclic) bond motifs is 2. The van der Waals surface area contributed by atoms with E-state index in [4.69, 9.17) is 0 Å². The molecule has 0 aromatic heterocycles. The molecule has 4 aromatic rings. The summed E-state index contributed by atoms with van der Waals surface area (Å²) < 4.78 is 0. The zero-order valence-electron chi connectivity index (χ0n) is 13.5. The minimum atomic E-state index is 0. The fraction of sp³-hybridized carbons (Fsp3) is 0.0909. The second-order valence-electron chi connectivity index (χ2n) is 5.98. The van der Waals surface area contributed by atoms with Crippen LogP contribution in [0.3, 0.4) is 0 Å². The van der Waals surface area contributed by atoms with Gasteiger partial charge in [0.05, 0.1) is 0 Å². The molecule has 0 aliphatic carbocycles. The number of hydrogen-bond donors (Lipinski definition) is 1. The maximum atomic E-state index is 2.39. The average molecular weight is 334 g/mol. The normalized spacial score (nSPS) is 10.7. The molecule has 0 saturated carbocycles. The third-order valence-corrected chi connectivity index (χ3v) is 4.45. The predicted molar refractivity (Wildman–Crippen MR) is 97.2 cm³/mol. The van der Waals surface area contributed by atoms with Crippen LogP contribution in [-0.2, 0) is 13.1 Å². The highest BCUT2D eigenvalue weighted by atomic mass is 35.5. The molecule has 4 rings (SSSR count). The third-order valence-electron chi connectivity index (χ3n) is 4.45. The molecule has 24 heavy (non-hydrogen) atoms. The maximum absolute atomic E-state index is 2.39. The number of nitrogens with two attached hydrogens (primary N) is 1. The summed E-state index contributed by atoms with van der Waals surface area (Å²) in [7, 11) is 0. The first kappa shape index (κ1) is 16.5. The second-order valence-corrected chi connectivity index (χ2v) is 5.98. The molecule has 0 bridgehead atoms. The largest absolute Gasteiger partial charge is 1.00 e. The highest BCUT2D eigenvalue weighted by Crippen LogP contribution is 2.27. The van der Waals surface area contributed by atoms with Gasteiger partial charge >= 0.3 is 0 Å². The van der Waals surface area contributed by atoms with Gasteiger partial charge in [0.15, 0.2) is 0 Å². The molecular formula is C22H20ClN. The molecule has 2 N–H and O–H groups in total. The van der Waals surface area contributed by atoms with Gasteiger partial charge in [-0.2, -0.15) is 0 Å². The first-order valence-corrected chi connectivity index (χ1v) is 8.17. The zero-order valence-corrected chi connectivity index (χ0v) is 14.2. The maximum Gasteiger partial charge on any atom is 0.103 e. The van der Waals surface area contributed by atoms with Gasteiger partial charge in [0.25, 0.3) is 0 Å². The highest BCUT2D eigenvalue weighted by molar-refractivity contribution is 6.02. The summed E-state index contributed by atoms with van der Waals surface area (Å²) in [6.07, 6.45) is 0. The first-order chi connectivity index (χ1) is 11.4. The lowest BCUT2D eigenvalue weighted by Crippen LogP contribution is -3.00. The summed E-state index contributed by atoms with van der Waals surface area (Å²) in [4.78, 5) is 0. The third kappa shape index (κ3) is 3.28. The Labute approximate surface area is 148 Å². The Kier molecular flexibility index (Phi) is 5.14. The summed E-state index contributed by atoms with van der Waals surface area (Å²) in [5.41, 5.74) is 2.81. The van der Waals surface area contributed by atoms with Crippen molar-refractivity contribution in [3.8, 4) is 0 Å². The van der Waals surface area contributed by atoms with Crippen LogP contribution < -0.4 is 17.7 Å². The van der Waals surface area contributed by atoms with E-state index in [0.717, 1.165) is 13.1 Å². The zero-order chi connectivity index (χ0) is 15.5. The monoisotopic (exact) mass is 333 g/mol. The van der Waals surface area contributed by atoms with Crippen LogP contribution >= 0.6 is 0 Å². The molecule has 0 radical (unpaired) electrons. The predicted octanol–water partition coefficient (Wildman–Crippen LogP) is 1.26. The van der Waals surface area contributed by atoms with E-state index in [9.17, 15) is 0 Å². The van der Waals surface area contributed by atoms with E-state index in [1.807, 2.05) is 0 Å². The summed E-state index contributed by atoms with van der Waals surface area (Å²) >= 11 is 0. The van der Waals surface area contributed by atoms with Crippen molar-refractivity contribution in [1.29, 1.82) is 0 Å². The fourth-order valence-electron chi connectivity index (χ4n) is 3.33. The van der Waals surface area contributed by atoms with Gasteiger partial charge in [0, 0.05) is 11.1 Å². The quantitative estimate of drug-likeness (QED) is 0.542. The number of quaternary nitrogens is 1. The van der Waals surface area contributed by atoms with Crippen molar-refractivity contribution in [2.45, 2.75) is 13.1 Å². The second kappa shape index (κ2) is 7.48. The van der Waals surface area contributed by atoms with Crippen molar-refractivity contribution in [2.75, 3.05) is 0 Å². The number of hydrogen-bond acceptors (Lipinski definition) is 0. The van der Waals surface area contributed by atoms with Crippen LogP contribution in [0.4, 0.5) is 0 Å². The molecule has 4 aromatic carbocycles. The lowest BCUT2D eigenvalue weighted by atomic mass is 9.97. The minimum absolute atomic E-state index is 0. The standard InChI is InChI=1S/C22H19N.ClH/c1-2-8-17(9-3-1)15-23-16-22-20-12-6-4-10-18(20)14-19-11-5-7-13-21(19)22;/h1-14,23H,15-16H2;1H. The van der Waals surface area contributed by atoms with Gasteiger partial charge in [-0.25, -0.2) is 0 Å². The topological polar surface area (TPSA) is 16.6 Å². The molecular weight excluding hydrogens is 314 g/mol. The Morgan fingerprint density at radius 2 is 1.12 bits per heavy atom. The Balaban J connectivity index is 0.00000169. The van der Waals surface area contributed by atoms with E-state index < -0.39 is 0 Å². The summed E-state index contributed by atoms with van der Waals surface area (Å²) in [6.45, 7) is 2.01. The van der Waals surface area contributed by atoms with E-state index in [-0.39, 0.29) is 12.4 Å². The molecule has 0 heterocycles. The van der Waals surface area contributed by atoms with Crippen LogP contribution in [0.15, 0.2) is 84.9 Å². The van der Waals surface area contributed by atoms with Crippen LogP contribution in [0.25, 0.3) is 21.5 Å². The molecule has 0 unspecified atom stereocenters. The van der Waals surface area contributed by atoms with Crippen molar-refractivity contribution in [2.24, 2.45) is 0 Å². The molecule has 120 valence electrons. The minimum Gasteiger partial charge on any atom is -1.00 e. The molecule has 0 atom stereocenters. The van der Waals surface area contributed by atoms with Crippen molar-refractivity contribution >= 4 is 21.5 Å². The van der Waals surface area contributed by atoms with E-state index in [0.29, 0.717) is 0 Å². The van der Waals surface area contributed by atoms with E-state index in [1.165, 1.54) is 32.7 Å². The lowest BCUT2D eigenvalue weighted by Gasteiger charge is -2.11. The summed E-state index contributed by atoms with van der Waals surface area (Å²) in [6, 6.07) is 30.4. The molecule has 0 spiro atoms. The molecule has 1 nitrogen and oxygen atoms in total. The van der Waals surface area contributed by atoms with Gasteiger partial charge in [-0.15, -0.1) is 0 Å². The Hall–Kier alpha value is -2.35. The molecule has 0 amide bonds. The highest BCUT2D eigenvalue weighted by Gasteiger charge is 2.08. The molecule has 0 aliphatic heterocycles. The Bertz CT molecular complexity index is 894. The first-order valence-electron chi connectivity index (χ1n) is 8.17. The van der Waals surface area contributed by atoms with Crippen LogP contribution in [0.2, 0.25) is 0 Å². The molecule has 2 heteroatoms. The number of rotatable bonds is 4. The average Bonchev–Trinajstić information content (AvgIpc) is 2.62. The fourth-order valence-corrected chi connectivity index (χ4v) is 3.33. The van der Waals surface area contributed by atoms with Gasteiger partial charge in [0.2, 0.25) is 0 Å². The van der Waals surface area contributed by atoms with Gasteiger partial charge in [-0.1, -0.05) is 78.9 Å². The summed E-state index contributed by atoms with van der Waals surface area (Å²) in [5.74, 6) is 0. The van der Waals surface area contributed by atoms with Crippen LogP contribution in [0.5, 0.6) is 0 Å². The van der Waals surface area contributed by atoms with Gasteiger partial charge < -0.3 is 17.7 Å². The van der Waals surface area contributed by atoms with E-state index in [2.05, 4.69) is 90.2 Å². The van der Waals surface area contributed by atoms with Gasteiger partial charge in [0.1, 0.15) is 13.1 Å².